The number of carbonyl (C=O) groups is 1. The van der Waals surface area contributed by atoms with Crippen molar-refractivity contribution < 1.29 is 4.79 Å². The van der Waals surface area contributed by atoms with Crippen LogP contribution in [-0.2, 0) is 11.3 Å². The minimum absolute atomic E-state index is 0.0445. The molecular weight excluding hydrogens is 228 g/mol. The number of hydrogen-bond acceptors (Lipinski definition) is 2. The molecule has 1 aromatic heterocycles. The molecule has 1 aliphatic heterocycles. The highest BCUT2D eigenvalue weighted by Crippen LogP contribution is 2.17. The van der Waals surface area contributed by atoms with Gasteiger partial charge in [-0.05, 0) is 32.3 Å². The maximum atomic E-state index is 12.1. The van der Waals surface area contributed by atoms with Crippen LogP contribution in [0.4, 0.5) is 0 Å². The predicted molar refractivity (Wildman–Crippen MR) is 70.3 cm³/mol. The average Bonchev–Trinajstić information content (AvgIpc) is 2.38. The fraction of sp³-hybridized carbons (Fsp3) is 0.571. The second kappa shape index (κ2) is 5.85. The van der Waals surface area contributed by atoms with E-state index < -0.39 is 0 Å². The van der Waals surface area contributed by atoms with Gasteiger partial charge < -0.3 is 9.47 Å². The Balaban J connectivity index is 1.92. The van der Waals surface area contributed by atoms with Crippen molar-refractivity contribution in [1.82, 2.24) is 9.47 Å². The van der Waals surface area contributed by atoms with Crippen LogP contribution < -0.4 is 5.56 Å². The van der Waals surface area contributed by atoms with Gasteiger partial charge in [-0.15, -0.1) is 0 Å². The smallest absolute Gasteiger partial charge is 0.250 e. The van der Waals surface area contributed by atoms with Crippen LogP contribution in [-0.4, -0.2) is 28.0 Å². The summed E-state index contributed by atoms with van der Waals surface area (Å²) in [5.41, 5.74) is -0.0445. The lowest BCUT2D eigenvalue weighted by molar-refractivity contribution is -0.134. The summed E-state index contributed by atoms with van der Waals surface area (Å²) in [5.74, 6) is 0.165. The van der Waals surface area contributed by atoms with Crippen LogP contribution in [0.2, 0.25) is 0 Å². The second-order valence-electron chi connectivity index (χ2n) is 4.91. The molecular formula is C14H20N2O2. The maximum Gasteiger partial charge on any atom is 0.250 e. The summed E-state index contributed by atoms with van der Waals surface area (Å²) in [6.07, 6.45) is 5.55. The number of hydrogen-bond donors (Lipinski definition) is 0. The number of nitrogens with zero attached hydrogens (tertiary/aromatic N) is 2. The topological polar surface area (TPSA) is 42.3 Å². The second-order valence-corrected chi connectivity index (χ2v) is 4.91. The zero-order valence-electron chi connectivity index (χ0n) is 10.8. The minimum Gasteiger partial charge on any atom is -0.340 e. The predicted octanol–water partition coefficient (Wildman–Crippen LogP) is 1.64. The number of aromatic nitrogens is 1. The van der Waals surface area contributed by atoms with Gasteiger partial charge >= 0.3 is 0 Å². The van der Waals surface area contributed by atoms with Crippen molar-refractivity contribution in [3.8, 4) is 0 Å². The van der Waals surface area contributed by atoms with Crippen LogP contribution in [0, 0.1) is 0 Å². The third-order valence-electron chi connectivity index (χ3n) is 3.59. The van der Waals surface area contributed by atoms with Gasteiger partial charge in [0.25, 0.3) is 5.56 Å². The average molecular weight is 248 g/mol. The Morgan fingerprint density at radius 1 is 1.39 bits per heavy atom. The van der Waals surface area contributed by atoms with E-state index in [4.69, 9.17) is 0 Å². The van der Waals surface area contributed by atoms with E-state index in [1.54, 1.807) is 16.8 Å². The van der Waals surface area contributed by atoms with Gasteiger partial charge in [0.05, 0.1) is 0 Å². The van der Waals surface area contributed by atoms with Gasteiger partial charge in [0.2, 0.25) is 5.91 Å². The molecule has 2 rings (SSSR count). The van der Waals surface area contributed by atoms with Crippen molar-refractivity contribution in [3.63, 3.8) is 0 Å². The molecule has 98 valence electrons. The van der Waals surface area contributed by atoms with E-state index in [0.717, 1.165) is 19.4 Å². The Kier molecular flexibility index (Phi) is 4.18. The highest BCUT2D eigenvalue weighted by atomic mass is 16.2. The first-order chi connectivity index (χ1) is 8.68. The van der Waals surface area contributed by atoms with Crippen LogP contribution >= 0.6 is 0 Å². The molecule has 4 heteroatoms. The number of aryl methyl sites for hydroxylation is 1. The van der Waals surface area contributed by atoms with Gasteiger partial charge in [-0.25, -0.2) is 0 Å². The van der Waals surface area contributed by atoms with Crippen molar-refractivity contribution in [3.05, 3.63) is 34.7 Å². The Labute approximate surface area is 107 Å². The van der Waals surface area contributed by atoms with Gasteiger partial charge in [-0.1, -0.05) is 6.07 Å². The number of piperidine rings is 1. The summed E-state index contributed by atoms with van der Waals surface area (Å²) in [5, 5.41) is 0. The van der Waals surface area contributed by atoms with Gasteiger partial charge in [0.1, 0.15) is 0 Å². The lowest BCUT2D eigenvalue weighted by Gasteiger charge is -2.33. The van der Waals surface area contributed by atoms with E-state index >= 15 is 0 Å². The molecule has 1 saturated heterocycles. The zero-order chi connectivity index (χ0) is 13.0. The molecule has 0 bridgehead atoms. The number of rotatable bonds is 3. The molecule has 4 nitrogen and oxygen atoms in total. The number of carbonyl (C=O) groups excluding carboxylic acids is 1. The molecule has 18 heavy (non-hydrogen) atoms. The molecule has 0 aromatic carbocycles. The van der Waals surface area contributed by atoms with E-state index in [-0.39, 0.29) is 11.5 Å². The molecule has 0 spiro atoms. The first-order valence-electron chi connectivity index (χ1n) is 6.63. The van der Waals surface area contributed by atoms with Crippen molar-refractivity contribution in [1.29, 1.82) is 0 Å². The van der Waals surface area contributed by atoms with E-state index in [1.165, 1.54) is 12.5 Å². The first kappa shape index (κ1) is 12.9. The van der Waals surface area contributed by atoms with Crippen molar-refractivity contribution in [2.75, 3.05) is 6.54 Å². The van der Waals surface area contributed by atoms with E-state index in [1.807, 2.05) is 11.0 Å². The van der Waals surface area contributed by atoms with Crippen LogP contribution in [0.1, 0.15) is 32.6 Å². The molecule has 0 aliphatic carbocycles. The molecule has 1 aromatic rings. The molecule has 1 aliphatic rings. The molecule has 1 fully saturated rings. The summed E-state index contributed by atoms with van der Waals surface area (Å²) in [6.45, 7) is 3.44. The Hall–Kier alpha value is -1.58. The van der Waals surface area contributed by atoms with E-state index in [9.17, 15) is 9.59 Å². The third-order valence-corrected chi connectivity index (χ3v) is 3.59. The van der Waals surface area contributed by atoms with Crippen molar-refractivity contribution in [2.24, 2.45) is 0 Å². The zero-order valence-corrected chi connectivity index (χ0v) is 10.8. The largest absolute Gasteiger partial charge is 0.340 e. The highest BCUT2D eigenvalue weighted by Gasteiger charge is 2.22. The Morgan fingerprint density at radius 2 is 2.22 bits per heavy atom. The fourth-order valence-electron chi connectivity index (χ4n) is 2.47. The molecule has 1 amide bonds. The highest BCUT2D eigenvalue weighted by molar-refractivity contribution is 5.76. The monoisotopic (exact) mass is 248 g/mol. The Bertz CT molecular complexity index is 467. The van der Waals surface area contributed by atoms with Gasteiger partial charge in [0, 0.05) is 37.8 Å². The SMILES string of the molecule is C[C@H]1CCCCN1C(=O)CCn1ccccc1=O. The molecule has 1 atom stereocenters. The number of amides is 1. The molecule has 0 saturated carbocycles. The van der Waals surface area contributed by atoms with Crippen LogP contribution in [0.5, 0.6) is 0 Å². The first-order valence-corrected chi connectivity index (χ1v) is 6.63. The third kappa shape index (κ3) is 3.00. The fourth-order valence-corrected chi connectivity index (χ4v) is 2.47. The summed E-state index contributed by atoms with van der Waals surface area (Å²) in [7, 11) is 0. The lowest BCUT2D eigenvalue weighted by atomic mass is 10.0. The summed E-state index contributed by atoms with van der Waals surface area (Å²) in [6, 6.07) is 5.40. The summed E-state index contributed by atoms with van der Waals surface area (Å²) < 4.78 is 1.59. The minimum atomic E-state index is -0.0445. The number of pyridine rings is 1. The van der Waals surface area contributed by atoms with Gasteiger partial charge in [-0.3, -0.25) is 9.59 Å². The van der Waals surface area contributed by atoms with Crippen molar-refractivity contribution in [2.45, 2.75) is 45.2 Å². The quantitative estimate of drug-likeness (QED) is 0.816. The van der Waals surface area contributed by atoms with Gasteiger partial charge in [0.15, 0.2) is 0 Å². The molecule has 0 unspecified atom stereocenters. The normalized spacial score (nSPS) is 19.8. The Morgan fingerprint density at radius 3 is 2.94 bits per heavy atom. The lowest BCUT2D eigenvalue weighted by Crippen LogP contribution is -2.42. The van der Waals surface area contributed by atoms with E-state index in [2.05, 4.69) is 6.92 Å². The van der Waals surface area contributed by atoms with E-state index in [0.29, 0.717) is 19.0 Å². The summed E-state index contributed by atoms with van der Waals surface area (Å²) >= 11 is 0. The molecule has 2 heterocycles. The van der Waals surface area contributed by atoms with Crippen molar-refractivity contribution >= 4 is 5.91 Å². The maximum absolute atomic E-state index is 12.1. The van der Waals surface area contributed by atoms with Gasteiger partial charge in [-0.2, -0.15) is 0 Å². The standard InChI is InChI=1S/C14H20N2O2/c1-12-6-2-5-10-16(12)14(18)8-11-15-9-4-3-7-13(15)17/h3-4,7,9,12H,2,5-6,8,10-11H2,1H3/t12-/m0/s1. The summed E-state index contributed by atoms with van der Waals surface area (Å²) in [4.78, 5) is 25.6. The van der Waals surface area contributed by atoms with Crippen LogP contribution in [0.3, 0.4) is 0 Å². The van der Waals surface area contributed by atoms with Crippen LogP contribution in [0.15, 0.2) is 29.2 Å². The van der Waals surface area contributed by atoms with Crippen LogP contribution in [0.25, 0.3) is 0 Å². The molecule has 0 radical (unpaired) electrons. The molecule has 0 N–H and O–H groups in total. The number of likely N-dealkylation sites (tertiary alicyclic amines) is 1.